The predicted molar refractivity (Wildman–Crippen MR) is 49.6 cm³/mol. The van der Waals surface area contributed by atoms with Gasteiger partial charge >= 0.3 is 0 Å². The van der Waals surface area contributed by atoms with Crippen molar-refractivity contribution in [1.29, 1.82) is 0 Å². The van der Waals surface area contributed by atoms with Gasteiger partial charge in [-0.2, -0.15) is 0 Å². The van der Waals surface area contributed by atoms with Gasteiger partial charge in [0.2, 0.25) is 10.0 Å². The first-order chi connectivity index (χ1) is 6.06. The Labute approximate surface area is 78.2 Å². The molecule has 0 spiro atoms. The highest BCUT2D eigenvalue weighted by Gasteiger charge is 2.15. The number of hydrogen-bond acceptors (Lipinski definition) is 3. The SMILES string of the molecule is CCS(=O)(=O)N(C)Cc1ccoc1. The molecule has 0 fully saturated rings. The standard InChI is InChI=1S/C8H13NO3S/c1-3-13(10,11)9(2)6-8-4-5-12-7-8/h4-5,7H,3,6H2,1-2H3. The Morgan fingerprint density at radius 3 is 2.69 bits per heavy atom. The van der Waals surface area contributed by atoms with E-state index in [9.17, 15) is 8.42 Å². The Morgan fingerprint density at radius 2 is 2.23 bits per heavy atom. The fourth-order valence-electron chi connectivity index (χ4n) is 0.958. The van der Waals surface area contributed by atoms with Crippen LogP contribution in [0.4, 0.5) is 0 Å². The molecule has 0 bridgehead atoms. The third-order valence-electron chi connectivity index (χ3n) is 1.83. The Bertz CT molecular complexity index is 341. The van der Waals surface area contributed by atoms with Gasteiger partial charge in [0.05, 0.1) is 18.3 Å². The van der Waals surface area contributed by atoms with Gasteiger partial charge in [-0.1, -0.05) is 0 Å². The fraction of sp³-hybridized carbons (Fsp3) is 0.500. The van der Waals surface area contributed by atoms with Crippen LogP contribution in [0.15, 0.2) is 23.0 Å². The summed E-state index contributed by atoms with van der Waals surface area (Å²) in [5.74, 6) is 0.126. The van der Waals surface area contributed by atoms with E-state index in [1.54, 1.807) is 26.3 Å². The Kier molecular flexibility index (Phi) is 3.11. The summed E-state index contributed by atoms with van der Waals surface area (Å²) in [4.78, 5) is 0. The van der Waals surface area contributed by atoms with Gasteiger partial charge in [0.1, 0.15) is 0 Å². The fourth-order valence-corrected chi connectivity index (χ4v) is 1.75. The third kappa shape index (κ3) is 2.57. The lowest BCUT2D eigenvalue weighted by atomic mass is 10.3. The van der Waals surface area contributed by atoms with Gasteiger partial charge in [-0.3, -0.25) is 0 Å². The topological polar surface area (TPSA) is 50.5 Å². The highest BCUT2D eigenvalue weighted by atomic mass is 32.2. The van der Waals surface area contributed by atoms with E-state index < -0.39 is 10.0 Å². The second-order valence-electron chi connectivity index (χ2n) is 2.79. The minimum Gasteiger partial charge on any atom is -0.472 e. The lowest BCUT2D eigenvalue weighted by molar-refractivity contribution is 0.464. The molecular weight excluding hydrogens is 190 g/mol. The molecule has 0 radical (unpaired) electrons. The van der Waals surface area contributed by atoms with Crippen LogP contribution in [0.1, 0.15) is 12.5 Å². The van der Waals surface area contributed by atoms with Crippen molar-refractivity contribution in [2.24, 2.45) is 0 Å². The summed E-state index contributed by atoms with van der Waals surface area (Å²) >= 11 is 0. The summed E-state index contributed by atoms with van der Waals surface area (Å²) in [5, 5.41) is 0. The van der Waals surface area contributed by atoms with Crippen LogP contribution in [0.3, 0.4) is 0 Å². The second kappa shape index (κ2) is 3.93. The zero-order valence-electron chi connectivity index (χ0n) is 7.73. The minimum atomic E-state index is -3.08. The maximum Gasteiger partial charge on any atom is 0.213 e. The van der Waals surface area contributed by atoms with E-state index in [1.165, 1.54) is 10.6 Å². The van der Waals surface area contributed by atoms with E-state index in [2.05, 4.69) is 0 Å². The molecule has 0 aliphatic heterocycles. The first-order valence-electron chi connectivity index (χ1n) is 4.01. The maximum atomic E-state index is 11.3. The van der Waals surface area contributed by atoms with Gasteiger partial charge in [-0.25, -0.2) is 12.7 Å². The van der Waals surface area contributed by atoms with Gasteiger partial charge in [0, 0.05) is 19.2 Å². The number of furan rings is 1. The summed E-state index contributed by atoms with van der Waals surface area (Å²) in [6, 6.07) is 1.75. The van der Waals surface area contributed by atoms with Crippen LogP contribution >= 0.6 is 0 Å². The Morgan fingerprint density at radius 1 is 1.54 bits per heavy atom. The monoisotopic (exact) mass is 203 g/mol. The highest BCUT2D eigenvalue weighted by molar-refractivity contribution is 7.89. The molecule has 0 unspecified atom stereocenters. The van der Waals surface area contributed by atoms with Gasteiger partial charge in [0.25, 0.3) is 0 Å². The third-order valence-corrected chi connectivity index (χ3v) is 3.63. The van der Waals surface area contributed by atoms with E-state index in [1.807, 2.05) is 0 Å². The van der Waals surface area contributed by atoms with Crippen LogP contribution < -0.4 is 0 Å². The van der Waals surface area contributed by atoms with E-state index in [-0.39, 0.29) is 5.75 Å². The molecule has 0 saturated heterocycles. The molecule has 1 aromatic rings. The average Bonchev–Trinajstić information content (AvgIpc) is 2.57. The zero-order chi connectivity index (χ0) is 9.90. The molecule has 1 aromatic heterocycles. The lowest BCUT2D eigenvalue weighted by Gasteiger charge is -2.14. The lowest BCUT2D eigenvalue weighted by Crippen LogP contribution is -2.27. The van der Waals surface area contributed by atoms with Crippen molar-refractivity contribution < 1.29 is 12.8 Å². The van der Waals surface area contributed by atoms with Crippen molar-refractivity contribution in [3.05, 3.63) is 24.2 Å². The van der Waals surface area contributed by atoms with Gasteiger partial charge in [-0.15, -0.1) is 0 Å². The summed E-state index contributed by atoms with van der Waals surface area (Å²) in [6.45, 7) is 1.99. The van der Waals surface area contributed by atoms with Crippen molar-refractivity contribution in [3.63, 3.8) is 0 Å². The van der Waals surface area contributed by atoms with Crippen molar-refractivity contribution in [1.82, 2.24) is 4.31 Å². The molecular formula is C8H13NO3S. The van der Waals surface area contributed by atoms with E-state index in [4.69, 9.17) is 4.42 Å². The predicted octanol–water partition coefficient (Wildman–Crippen LogP) is 1.06. The van der Waals surface area contributed by atoms with Crippen molar-refractivity contribution in [2.75, 3.05) is 12.8 Å². The van der Waals surface area contributed by atoms with Crippen molar-refractivity contribution >= 4 is 10.0 Å². The van der Waals surface area contributed by atoms with E-state index in [0.29, 0.717) is 6.54 Å². The maximum absolute atomic E-state index is 11.3. The number of sulfonamides is 1. The van der Waals surface area contributed by atoms with Gasteiger partial charge < -0.3 is 4.42 Å². The van der Waals surface area contributed by atoms with Crippen LogP contribution in [0, 0.1) is 0 Å². The molecule has 5 heteroatoms. The quantitative estimate of drug-likeness (QED) is 0.735. The number of rotatable bonds is 4. The Hall–Kier alpha value is -0.810. The highest BCUT2D eigenvalue weighted by Crippen LogP contribution is 2.07. The normalized spacial score (nSPS) is 12.2. The summed E-state index contributed by atoms with van der Waals surface area (Å²) in [6.07, 6.45) is 3.07. The molecule has 0 aliphatic rings. The molecule has 0 atom stereocenters. The molecule has 13 heavy (non-hydrogen) atoms. The van der Waals surface area contributed by atoms with Crippen LogP contribution in [0.5, 0.6) is 0 Å². The first kappa shape index (κ1) is 10.3. The molecule has 1 rings (SSSR count). The van der Waals surface area contributed by atoms with Crippen LogP contribution in [0.2, 0.25) is 0 Å². The molecule has 0 saturated carbocycles. The van der Waals surface area contributed by atoms with Gasteiger partial charge in [-0.05, 0) is 13.0 Å². The Balaban J connectivity index is 2.66. The summed E-state index contributed by atoms with van der Waals surface area (Å²) in [7, 11) is -1.52. The number of nitrogens with zero attached hydrogens (tertiary/aromatic N) is 1. The molecule has 0 aliphatic carbocycles. The first-order valence-corrected chi connectivity index (χ1v) is 5.62. The van der Waals surface area contributed by atoms with Crippen LogP contribution in [0.25, 0.3) is 0 Å². The smallest absolute Gasteiger partial charge is 0.213 e. The van der Waals surface area contributed by atoms with Crippen molar-refractivity contribution in [3.8, 4) is 0 Å². The van der Waals surface area contributed by atoms with Gasteiger partial charge in [0.15, 0.2) is 0 Å². The molecule has 4 nitrogen and oxygen atoms in total. The molecule has 0 N–H and O–H groups in total. The van der Waals surface area contributed by atoms with E-state index >= 15 is 0 Å². The second-order valence-corrected chi connectivity index (χ2v) is 5.15. The summed E-state index contributed by atoms with van der Waals surface area (Å²) < 4.78 is 28.8. The number of hydrogen-bond donors (Lipinski definition) is 0. The molecule has 1 heterocycles. The molecule has 0 amide bonds. The van der Waals surface area contributed by atoms with Crippen LogP contribution in [-0.2, 0) is 16.6 Å². The summed E-state index contributed by atoms with van der Waals surface area (Å²) in [5.41, 5.74) is 0.861. The van der Waals surface area contributed by atoms with E-state index in [0.717, 1.165) is 5.56 Å². The molecule has 74 valence electrons. The van der Waals surface area contributed by atoms with Crippen molar-refractivity contribution in [2.45, 2.75) is 13.5 Å². The minimum absolute atomic E-state index is 0.126. The average molecular weight is 203 g/mol. The largest absolute Gasteiger partial charge is 0.472 e. The zero-order valence-corrected chi connectivity index (χ0v) is 8.54. The molecule has 0 aromatic carbocycles. The van der Waals surface area contributed by atoms with Crippen LogP contribution in [-0.4, -0.2) is 25.5 Å².